The van der Waals surface area contributed by atoms with Gasteiger partial charge in [-0.05, 0) is 31.9 Å². The summed E-state index contributed by atoms with van der Waals surface area (Å²) in [5.74, 6) is 1.47. The van der Waals surface area contributed by atoms with E-state index < -0.39 is 6.10 Å². The first-order chi connectivity index (χ1) is 8.16. The zero-order valence-electron chi connectivity index (χ0n) is 10.1. The SMILES string of the molecule is Cc1ccc(C(O)CNC(=O)C2CCCC2)o1. The van der Waals surface area contributed by atoms with Crippen LogP contribution in [0.2, 0.25) is 0 Å². The molecule has 1 amide bonds. The third-order valence-corrected chi connectivity index (χ3v) is 3.29. The van der Waals surface area contributed by atoms with Crippen molar-refractivity contribution in [3.8, 4) is 0 Å². The maximum Gasteiger partial charge on any atom is 0.223 e. The normalized spacial score (nSPS) is 18.2. The van der Waals surface area contributed by atoms with Gasteiger partial charge < -0.3 is 14.8 Å². The number of amides is 1. The van der Waals surface area contributed by atoms with Gasteiger partial charge in [-0.25, -0.2) is 0 Å². The topological polar surface area (TPSA) is 62.5 Å². The van der Waals surface area contributed by atoms with Gasteiger partial charge in [-0.2, -0.15) is 0 Å². The summed E-state index contributed by atoms with van der Waals surface area (Å²) in [6.45, 7) is 2.05. The lowest BCUT2D eigenvalue weighted by Crippen LogP contribution is -2.32. The van der Waals surface area contributed by atoms with E-state index in [2.05, 4.69) is 5.32 Å². The fraction of sp³-hybridized carbons (Fsp3) is 0.615. The molecule has 1 unspecified atom stereocenters. The van der Waals surface area contributed by atoms with Crippen LogP contribution < -0.4 is 5.32 Å². The van der Waals surface area contributed by atoms with Crippen LogP contribution in [0.3, 0.4) is 0 Å². The number of carbonyl (C=O) groups is 1. The number of aliphatic hydroxyl groups is 1. The number of aliphatic hydroxyl groups excluding tert-OH is 1. The predicted molar refractivity (Wildman–Crippen MR) is 63.4 cm³/mol. The Morgan fingerprint density at radius 3 is 2.82 bits per heavy atom. The van der Waals surface area contributed by atoms with Gasteiger partial charge in [0.15, 0.2) is 0 Å². The highest BCUT2D eigenvalue weighted by Gasteiger charge is 2.23. The third kappa shape index (κ3) is 3.09. The molecule has 1 heterocycles. The average molecular weight is 237 g/mol. The highest BCUT2D eigenvalue weighted by molar-refractivity contribution is 5.78. The summed E-state index contributed by atoms with van der Waals surface area (Å²) in [5.41, 5.74) is 0. The molecule has 0 spiro atoms. The average Bonchev–Trinajstić information content (AvgIpc) is 2.95. The van der Waals surface area contributed by atoms with Crippen molar-refractivity contribution in [2.45, 2.75) is 38.7 Å². The van der Waals surface area contributed by atoms with Gasteiger partial charge in [-0.1, -0.05) is 12.8 Å². The monoisotopic (exact) mass is 237 g/mol. The molecule has 2 rings (SSSR count). The van der Waals surface area contributed by atoms with Gasteiger partial charge in [-0.3, -0.25) is 4.79 Å². The number of rotatable bonds is 4. The summed E-state index contributed by atoms with van der Waals surface area (Å²) in [5, 5.41) is 12.6. The van der Waals surface area contributed by atoms with Crippen molar-refractivity contribution in [2.75, 3.05) is 6.54 Å². The van der Waals surface area contributed by atoms with Gasteiger partial charge in [0.05, 0.1) is 6.54 Å². The smallest absolute Gasteiger partial charge is 0.223 e. The fourth-order valence-corrected chi connectivity index (χ4v) is 2.26. The minimum absolute atomic E-state index is 0.0600. The molecule has 4 nitrogen and oxygen atoms in total. The highest BCUT2D eigenvalue weighted by Crippen LogP contribution is 2.24. The van der Waals surface area contributed by atoms with Crippen molar-refractivity contribution in [3.05, 3.63) is 23.7 Å². The number of nitrogens with one attached hydrogen (secondary N) is 1. The Morgan fingerprint density at radius 1 is 1.53 bits per heavy atom. The number of aryl methyl sites for hydroxylation is 1. The van der Waals surface area contributed by atoms with Gasteiger partial charge in [0.2, 0.25) is 5.91 Å². The van der Waals surface area contributed by atoms with Crippen molar-refractivity contribution in [1.82, 2.24) is 5.32 Å². The van der Waals surface area contributed by atoms with Crippen LogP contribution in [0, 0.1) is 12.8 Å². The van der Waals surface area contributed by atoms with Gasteiger partial charge in [-0.15, -0.1) is 0 Å². The van der Waals surface area contributed by atoms with Crippen molar-refractivity contribution < 1.29 is 14.3 Å². The van der Waals surface area contributed by atoms with Crippen LogP contribution in [0.1, 0.15) is 43.3 Å². The highest BCUT2D eigenvalue weighted by atomic mass is 16.4. The maximum absolute atomic E-state index is 11.7. The van der Waals surface area contributed by atoms with Crippen molar-refractivity contribution in [1.29, 1.82) is 0 Å². The van der Waals surface area contributed by atoms with Gasteiger partial charge >= 0.3 is 0 Å². The molecule has 1 aliphatic carbocycles. The van der Waals surface area contributed by atoms with Crippen LogP contribution in [-0.4, -0.2) is 17.6 Å². The molecule has 2 N–H and O–H groups in total. The lowest BCUT2D eigenvalue weighted by molar-refractivity contribution is -0.125. The molecule has 0 radical (unpaired) electrons. The van der Waals surface area contributed by atoms with Crippen LogP contribution in [0.25, 0.3) is 0 Å². The second kappa shape index (κ2) is 5.36. The molecule has 1 aromatic heterocycles. The second-order valence-corrected chi connectivity index (χ2v) is 4.69. The molecule has 1 aliphatic rings. The molecule has 4 heteroatoms. The Bertz CT molecular complexity index is 380. The molecule has 1 fully saturated rings. The molecule has 17 heavy (non-hydrogen) atoms. The maximum atomic E-state index is 11.7. The summed E-state index contributed by atoms with van der Waals surface area (Å²) >= 11 is 0. The van der Waals surface area contributed by atoms with Crippen LogP contribution in [-0.2, 0) is 4.79 Å². The van der Waals surface area contributed by atoms with Crippen molar-refractivity contribution in [2.24, 2.45) is 5.92 Å². The number of carbonyl (C=O) groups excluding carboxylic acids is 1. The van der Waals surface area contributed by atoms with Gasteiger partial charge in [0.25, 0.3) is 0 Å². The summed E-state index contributed by atoms with van der Waals surface area (Å²) in [7, 11) is 0. The molecule has 0 bridgehead atoms. The van der Waals surface area contributed by atoms with E-state index in [4.69, 9.17) is 4.42 Å². The quantitative estimate of drug-likeness (QED) is 0.841. The zero-order valence-corrected chi connectivity index (χ0v) is 10.1. The standard InChI is InChI=1S/C13H19NO3/c1-9-6-7-12(17-9)11(15)8-14-13(16)10-4-2-3-5-10/h6-7,10-11,15H,2-5,8H2,1H3,(H,14,16). The molecule has 94 valence electrons. The lowest BCUT2D eigenvalue weighted by Gasteiger charge is -2.12. The van der Waals surface area contributed by atoms with Gasteiger partial charge in [0.1, 0.15) is 17.6 Å². The Morgan fingerprint density at radius 2 is 2.24 bits per heavy atom. The first-order valence-corrected chi connectivity index (χ1v) is 6.19. The molecular formula is C13H19NO3. The van der Waals surface area contributed by atoms with Crippen molar-refractivity contribution in [3.63, 3.8) is 0 Å². The van der Waals surface area contributed by atoms with Crippen LogP contribution in [0.5, 0.6) is 0 Å². The summed E-state index contributed by atoms with van der Waals surface area (Å²) in [6, 6.07) is 3.54. The van der Waals surface area contributed by atoms with E-state index in [9.17, 15) is 9.90 Å². The van der Waals surface area contributed by atoms with E-state index in [0.717, 1.165) is 31.4 Å². The predicted octanol–water partition coefficient (Wildman–Crippen LogP) is 1.93. The Balaban J connectivity index is 1.79. The molecule has 1 saturated carbocycles. The van der Waals surface area contributed by atoms with E-state index in [-0.39, 0.29) is 18.4 Å². The minimum atomic E-state index is -0.756. The minimum Gasteiger partial charge on any atom is -0.464 e. The molecule has 0 saturated heterocycles. The van der Waals surface area contributed by atoms with Crippen LogP contribution >= 0.6 is 0 Å². The Kier molecular flexibility index (Phi) is 3.84. The zero-order chi connectivity index (χ0) is 12.3. The fourth-order valence-electron chi connectivity index (χ4n) is 2.26. The first kappa shape index (κ1) is 12.2. The molecular weight excluding hydrogens is 218 g/mol. The molecule has 0 aliphatic heterocycles. The van der Waals surface area contributed by atoms with E-state index in [1.54, 1.807) is 12.1 Å². The Labute approximate surface area is 101 Å². The third-order valence-electron chi connectivity index (χ3n) is 3.29. The van der Waals surface area contributed by atoms with Crippen LogP contribution in [0.15, 0.2) is 16.5 Å². The van der Waals surface area contributed by atoms with E-state index in [1.807, 2.05) is 6.92 Å². The lowest BCUT2D eigenvalue weighted by atomic mass is 10.1. The summed E-state index contributed by atoms with van der Waals surface area (Å²) in [4.78, 5) is 11.7. The number of hydrogen-bond acceptors (Lipinski definition) is 3. The number of hydrogen-bond donors (Lipinski definition) is 2. The summed E-state index contributed by atoms with van der Waals surface area (Å²) in [6.07, 6.45) is 3.47. The van der Waals surface area contributed by atoms with E-state index in [0.29, 0.717) is 5.76 Å². The summed E-state index contributed by atoms with van der Waals surface area (Å²) < 4.78 is 5.30. The van der Waals surface area contributed by atoms with Gasteiger partial charge in [0, 0.05) is 5.92 Å². The van der Waals surface area contributed by atoms with Crippen molar-refractivity contribution >= 4 is 5.91 Å². The van der Waals surface area contributed by atoms with E-state index >= 15 is 0 Å². The molecule has 1 aromatic rings. The van der Waals surface area contributed by atoms with Crippen LogP contribution in [0.4, 0.5) is 0 Å². The number of furan rings is 1. The van der Waals surface area contributed by atoms with E-state index in [1.165, 1.54) is 0 Å². The molecule has 1 atom stereocenters. The Hall–Kier alpha value is -1.29. The largest absolute Gasteiger partial charge is 0.464 e. The molecule has 0 aromatic carbocycles. The first-order valence-electron chi connectivity index (χ1n) is 6.19. The second-order valence-electron chi connectivity index (χ2n) is 4.69.